The van der Waals surface area contributed by atoms with Crippen LogP contribution in [0.15, 0.2) is 12.3 Å². The molecular formula is C9H14ClN3O. The number of hydrogen-bond acceptors (Lipinski definition) is 4. The van der Waals surface area contributed by atoms with Gasteiger partial charge in [-0.15, -0.1) is 11.6 Å². The zero-order valence-electron chi connectivity index (χ0n) is 8.54. The molecule has 0 unspecified atom stereocenters. The van der Waals surface area contributed by atoms with Gasteiger partial charge >= 0.3 is 0 Å². The molecule has 1 N–H and O–H groups in total. The fraction of sp³-hybridized carbons (Fsp3) is 0.556. The lowest BCUT2D eigenvalue weighted by Gasteiger charge is -2.23. The smallest absolute Gasteiger partial charge is 0.226 e. The zero-order valence-corrected chi connectivity index (χ0v) is 9.30. The summed E-state index contributed by atoms with van der Waals surface area (Å²) in [4.78, 5) is 8.18. The topological polar surface area (TPSA) is 47.0 Å². The Morgan fingerprint density at radius 3 is 2.86 bits per heavy atom. The highest BCUT2D eigenvalue weighted by atomic mass is 35.5. The number of ether oxygens (including phenoxy) is 1. The lowest BCUT2D eigenvalue weighted by atomic mass is 10.1. The van der Waals surface area contributed by atoms with Crippen molar-refractivity contribution in [1.29, 1.82) is 0 Å². The molecule has 0 atom stereocenters. The molecule has 1 aromatic rings. The number of hydrogen-bond donors (Lipinski definition) is 1. The Hall–Kier alpha value is -1.03. The first-order valence-electron chi connectivity index (χ1n) is 4.28. The van der Waals surface area contributed by atoms with Gasteiger partial charge < -0.3 is 10.1 Å². The van der Waals surface area contributed by atoms with Gasteiger partial charge in [-0.3, -0.25) is 0 Å². The second-order valence-corrected chi connectivity index (χ2v) is 3.83. The van der Waals surface area contributed by atoms with Crippen molar-refractivity contribution >= 4 is 17.5 Å². The van der Waals surface area contributed by atoms with Gasteiger partial charge in [0.25, 0.3) is 0 Å². The quantitative estimate of drug-likeness (QED) is 0.780. The minimum absolute atomic E-state index is 0.228. The van der Waals surface area contributed by atoms with Gasteiger partial charge in [-0.25, -0.2) is 4.98 Å². The van der Waals surface area contributed by atoms with Gasteiger partial charge in [-0.05, 0) is 13.8 Å². The number of nitrogens with one attached hydrogen (secondary N) is 1. The molecule has 0 amide bonds. The van der Waals surface area contributed by atoms with Crippen LogP contribution in [0.25, 0.3) is 0 Å². The van der Waals surface area contributed by atoms with Crippen LogP contribution in [0, 0.1) is 0 Å². The molecule has 1 rings (SSSR count). The average Bonchev–Trinajstić information content (AvgIpc) is 2.17. The number of anilines is 1. The Morgan fingerprint density at radius 2 is 2.29 bits per heavy atom. The van der Waals surface area contributed by atoms with Crippen LogP contribution in [0.1, 0.15) is 13.8 Å². The SMILES string of the molecule is COc1ccnc(NC(C)(C)CCl)n1. The molecule has 1 aromatic heterocycles. The molecule has 0 aliphatic carbocycles. The first kappa shape index (κ1) is 11.0. The first-order valence-corrected chi connectivity index (χ1v) is 4.82. The number of halogens is 1. The molecule has 0 fully saturated rings. The third kappa shape index (κ3) is 3.03. The van der Waals surface area contributed by atoms with Crippen LogP contribution in [0.4, 0.5) is 5.95 Å². The molecule has 0 radical (unpaired) electrons. The van der Waals surface area contributed by atoms with Crippen LogP contribution in [0.5, 0.6) is 5.88 Å². The van der Waals surface area contributed by atoms with Crippen molar-refractivity contribution in [3.05, 3.63) is 12.3 Å². The highest BCUT2D eigenvalue weighted by Gasteiger charge is 2.16. The minimum atomic E-state index is -0.228. The number of rotatable bonds is 4. The molecule has 0 bridgehead atoms. The van der Waals surface area contributed by atoms with Crippen LogP contribution in [-0.2, 0) is 0 Å². The molecule has 0 spiro atoms. The monoisotopic (exact) mass is 215 g/mol. The molecule has 0 aromatic carbocycles. The second-order valence-electron chi connectivity index (χ2n) is 3.57. The molecule has 0 saturated carbocycles. The van der Waals surface area contributed by atoms with Gasteiger partial charge in [0.15, 0.2) is 0 Å². The van der Waals surface area contributed by atoms with Gasteiger partial charge in [-0.1, -0.05) is 0 Å². The maximum atomic E-state index is 5.77. The lowest BCUT2D eigenvalue weighted by molar-refractivity contribution is 0.397. The molecule has 4 nitrogen and oxygen atoms in total. The maximum Gasteiger partial charge on any atom is 0.226 e. The van der Waals surface area contributed by atoms with E-state index in [0.717, 1.165) is 0 Å². The molecule has 5 heteroatoms. The number of methoxy groups -OCH3 is 1. The predicted octanol–water partition coefficient (Wildman–Crippen LogP) is 1.91. The summed E-state index contributed by atoms with van der Waals surface area (Å²) in [6.45, 7) is 3.95. The van der Waals surface area contributed by atoms with Gasteiger partial charge in [0.2, 0.25) is 11.8 Å². The van der Waals surface area contributed by atoms with E-state index in [4.69, 9.17) is 16.3 Å². The van der Waals surface area contributed by atoms with E-state index >= 15 is 0 Å². The summed E-state index contributed by atoms with van der Waals surface area (Å²) in [5.74, 6) is 1.54. The Labute approximate surface area is 88.7 Å². The summed E-state index contributed by atoms with van der Waals surface area (Å²) in [5, 5.41) is 3.11. The van der Waals surface area contributed by atoms with Crippen molar-refractivity contribution in [2.24, 2.45) is 0 Å². The standard InChI is InChI=1S/C9H14ClN3O/c1-9(2,6-10)13-8-11-5-4-7(12-8)14-3/h4-5H,6H2,1-3H3,(H,11,12,13). The highest BCUT2D eigenvalue weighted by molar-refractivity contribution is 6.18. The summed E-state index contributed by atoms with van der Waals surface area (Å²) in [6.07, 6.45) is 1.64. The van der Waals surface area contributed by atoms with Crippen molar-refractivity contribution in [3.8, 4) is 5.88 Å². The Morgan fingerprint density at radius 1 is 1.57 bits per heavy atom. The van der Waals surface area contributed by atoms with E-state index in [2.05, 4.69) is 15.3 Å². The first-order chi connectivity index (χ1) is 6.57. The summed E-state index contributed by atoms with van der Waals surface area (Å²) < 4.78 is 4.98. The molecule has 1 heterocycles. The number of alkyl halides is 1. The highest BCUT2D eigenvalue weighted by Crippen LogP contribution is 2.14. The number of aromatic nitrogens is 2. The van der Waals surface area contributed by atoms with Crippen molar-refractivity contribution in [2.45, 2.75) is 19.4 Å². The third-order valence-corrected chi connectivity index (χ3v) is 2.29. The summed E-state index contributed by atoms with van der Waals surface area (Å²) >= 11 is 5.77. The largest absolute Gasteiger partial charge is 0.481 e. The van der Waals surface area contributed by atoms with E-state index in [-0.39, 0.29) is 5.54 Å². The van der Waals surface area contributed by atoms with Gasteiger partial charge in [-0.2, -0.15) is 4.98 Å². The van der Waals surface area contributed by atoms with E-state index < -0.39 is 0 Å². The van der Waals surface area contributed by atoms with Gasteiger partial charge in [0, 0.05) is 23.7 Å². The number of nitrogens with zero attached hydrogens (tertiary/aromatic N) is 2. The second kappa shape index (κ2) is 4.46. The molecular weight excluding hydrogens is 202 g/mol. The normalized spacial score (nSPS) is 11.1. The zero-order chi connectivity index (χ0) is 10.6. The van der Waals surface area contributed by atoms with E-state index in [0.29, 0.717) is 17.7 Å². The van der Waals surface area contributed by atoms with Crippen LogP contribution < -0.4 is 10.1 Å². The molecule has 0 aliphatic heterocycles. The van der Waals surface area contributed by atoms with Crippen LogP contribution in [-0.4, -0.2) is 28.5 Å². The Kier molecular flexibility index (Phi) is 3.52. The van der Waals surface area contributed by atoms with Crippen LogP contribution >= 0.6 is 11.6 Å². The lowest BCUT2D eigenvalue weighted by Crippen LogP contribution is -2.33. The Bertz CT molecular complexity index is 304. The maximum absolute atomic E-state index is 5.77. The van der Waals surface area contributed by atoms with Crippen molar-refractivity contribution in [3.63, 3.8) is 0 Å². The third-order valence-electron chi connectivity index (χ3n) is 1.62. The summed E-state index contributed by atoms with van der Waals surface area (Å²) in [5.41, 5.74) is -0.228. The van der Waals surface area contributed by atoms with E-state index in [1.807, 2.05) is 13.8 Å². The Balaban J connectivity index is 2.76. The van der Waals surface area contributed by atoms with Gasteiger partial charge in [0.1, 0.15) is 0 Å². The molecule has 0 saturated heterocycles. The van der Waals surface area contributed by atoms with Crippen LogP contribution in [0.3, 0.4) is 0 Å². The fourth-order valence-electron chi connectivity index (χ4n) is 0.852. The molecule has 78 valence electrons. The fourth-order valence-corrected chi connectivity index (χ4v) is 0.919. The summed E-state index contributed by atoms with van der Waals surface area (Å²) in [6, 6.07) is 1.69. The van der Waals surface area contributed by atoms with E-state index in [1.54, 1.807) is 19.4 Å². The van der Waals surface area contributed by atoms with Gasteiger partial charge in [0.05, 0.1) is 7.11 Å². The summed E-state index contributed by atoms with van der Waals surface area (Å²) in [7, 11) is 1.57. The van der Waals surface area contributed by atoms with Crippen LogP contribution in [0.2, 0.25) is 0 Å². The van der Waals surface area contributed by atoms with Crippen molar-refractivity contribution < 1.29 is 4.74 Å². The predicted molar refractivity (Wildman–Crippen MR) is 57.0 cm³/mol. The molecule has 0 aliphatic rings. The minimum Gasteiger partial charge on any atom is -0.481 e. The van der Waals surface area contributed by atoms with E-state index in [9.17, 15) is 0 Å². The molecule has 14 heavy (non-hydrogen) atoms. The average molecular weight is 216 g/mol. The van der Waals surface area contributed by atoms with E-state index in [1.165, 1.54) is 0 Å². The van der Waals surface area contributed by atoms with Crippen molar-refractivity contribution in [2.75, 3.05) is 18.3 Å². The van der Waals surface area contributed by atoms with Crippen molar-refractivity contribution in [1.82, 2.24) is 9.97 Å².